The topological polar surface area (TPSA) is 106 Å². The van der Waals surface area contributed by atoms with Gasteiger partial charge in [-0.2, -0.15) is 0 Å². The number of amides is 3. The van der Waals surface area contributed by atoms with Gasteiger partial charge in [0, 0.05) is 11.3 Å². The third-order valence-electron chi connectivity index (χ3n) is 3.27. The maximum Gasteiger partial charge on any atom is 0.412 e. The van der Waals surface area contributed by atoms with Crippen molar-refractivity contribution in [3.63, 3.8) is 0 Å². The lowest BCUT2D eigenvalue weighted by molar-refractivity contribution is -0.123. The molecule has 2 aromatic carbocycles. The van der Waals surface area contributed by atoms with Crippen LogP contribution >= 0.6 is 0 Å². The van der Waals surface area contributed by atoms with Crippen molar-refractivity contribution in [1.82, 2.24) is 10.9 Å². The zero-order chi connectivity index (χ0) is 21.4. The van der Waals surface area contributed by atoms with E-state index in [1.807, 2.05) is 0 Å². The van der Waals surface area contributed by atoms with Gasteiger partial charge in [-0.05, 0) is 63.2 Å². The van der Waals surface area contributed by atoms with Crippen LogP contribution in [-0.4, -0.2) is 30.1 Å². The van der Waals surface area contributed by atoms with E-state index >= 15 is 0 Å². The summed E-state index contributed by atoms with van der Waals surface area (Å²) in [4.78, 5) is 35.7. The molecule has 0 atom stereocenters. The van der Waals surface area contributed by atoms with Crippen molar-refractivity contribution in [3.05, 3.63) is 59.9 Å². The molecule has 3 N–H and O–H groups in total. The minimum Gasteiger partial charge on any atom is -0.484 e. The molecule has 0 aliphatic carbocycles. The lowest BCUT2D eigenvalue weighted by Gasteiger charge is -2.19. The summed E-state index contributed by atoms with van der Waals surface area (Å²) in [7, 11) is 0. The maximum atomic E-state index is 12.8. The van der Waals surface area contributed by atoms with E-state index in [0.717, 1.165) is 0 Å². The van der Waals surface area contributed by atoms with Crippen LogP contribution in [0.25, 0.3) is 0 Å². The van der Waals surface area contributed by atoms with Crippen molar-refractivity contribution in [2.75, 3.05) is 11.9 Å². The summed E-state index contributed by atoms with van der Waals surface area (Å²) in [5, 5.41) is 2.53. The first kappa shape index (κ1) is 21.7. The molecule has 0 saturated heterocycles. The van der Waals surface area contributed by atoms with Crippen LogP contribution in [0, 0.1) is 5.82 Å². The molecule has 2 rings (SSSR count). The number of hydrazine groups is 1. The molecule has 0 heterocycles. The molecule has 0 aliphatic rings. The van der Waals surface area contributed by atoms with Crippen LogP contribution in [0.4, 0.5) is 14.9 Å². The molecule has 3 amide bonds. The van der Waals surface area contributed by atoms with Crippen LogP contribution in [-0.2, 0) is 9.53 Å². The van der Waals surface area contributed by atoms with Crippen molar-refractivity contribution in [3.8, 4) is 5.75 Å². The highest BCUT2D eigenvalue weighted by atomic mass is 19.1. The van der Waals surface area contributed by atoms with Gasteiger partial charge in [0.1, 0.15) is 17.2 Å². The fraction of sp³-hybridized carbons (Fsp3) is 0.250. The lowest BCUT2D eigenvalue weighted by Crippen LogP contribution is -2.43. The number of nitrogens with one attached hydrogen (secondary N) is 3. The first-order valence-electron chi connectivity index (χ1n) is 8.70. The Labute approximate surface area is 167 Å². The van der Waals surface area contributed by atoms with E-state index in [2.05, 4.69) is 16.2 Å². The van der Waals surface area contributed by atoms with Crippen molar-refractivity contribution in [2.45, 2.75) is 26.4 Å². The molecule has 0 fully saturated rings. The second-order valence-electron chi connectivity index (χ2n) is 6.95. The van der Waals surface area contributed by atoms with Crippen LogP contribution in [0.15, 0.2) is 48.5 Å². The van der Waals surface area contributed by atoms with E-state index < -0.39 is 29.3 Å². The summed E-state index contributed by atoms with van der Waals surface area (Å²) in [5.41, 5.74) is 4.36. The average molecular weight is 403 g/mol. The van der Waals surface area contributed by atoms with Crippen LogP contribution < -0.4 is 20.9 Å². The number of hydrogen-bond donors (Lipinski definition) is 3. The SMILES string of the molecule is CC(C)(C)OC(=O)Nc1cccc(C(=O)NNC(=O)COc2ccc(F)cc2)c1. The Hall–Kier alpha value is -3.62. The van der Waals surface area contributed by atoms with Crippen LogP contribution in [0.1, 0.15) is 31.1 Å². The monoisotopic (exact) mass is 403 g/mol. The second kappa shape index (κ2) is 9.54. The summed E-state index contributed by atoms with van der Waals surface area (Å²) in [6, 6.07) is 11.3. The van der Waals surface area contributed by atoms with Gasteiger partial charge in [-0.15, -0.1) is 0 Å². The highest BCUT2D eigenvalue weighted by Crippen LogP contribution is 2.14. The number of halogens is 1. The third kappa shape index (κ3) is 7.87. The molecule has 0 spiro atoms. The molecule has 0 bridgehead atoms. The Bertz CT molecular complexity index is 878. The Kier molecular flexibility index (Phi) is 7.13. The summed E-state index contributed by atoms with van der Waals surface area (Å²) in [5.74, 6) is -1.30. The lowest BCUT2D eigenvalue weighted by atomic mass is 10.2. The molecule has 0 saturated carbocycles. The molecule has 0 aromatic heterocycles. The Balaban J connectivity index is 1.83. The summed E-state index contributed by atoms with van der Waals surface area (Å²) >= 11 is 0. The Morgan fingerprint density at radius 2 is 1.69 bits per heavy atom. The third-order valence-corrected chi connectivity index (χ3v) is 3.27. The first-order chi connectivity index (χ1) is 13.6. The molecule has 2 aromatic rings. The van der Waals surface area contributed by atoms with Crippen LogP contribution in [0.2, 0.25) is 0 Å². The molecule has 29 heavy (non-hydrogen) atoms. The second-order valence-corrected chi connectivity index (χ2v) is 6.95. The molecule has 154 valence electrons. The number of ether oxygens (including phenoxy) is 2. The average Bonchev–Trinajstić information content (AvgIpc) is 2.64. The molecular weight excluding hydrogens is 381 g/mol. The molecule has 0 radical (unpaired) electrons. The smallest absolute Gasteiger partial charge is 0.412 e. The first-order valence-corrected chi connectivity index (χ1v) is 8.70. The standard InChI is InChI=1S/C20H22FN3O5/c1-20(2,3)29-19(27)22-15-6-4-5-13(11-15)18(26)24-23-17(25)12-28-16-9-7-14(21)8-10-16/h4-11H,12H2,1-3H3,(H,22,27)(H,23,25)(H,24,26). The Morgan fingerprint density at radius 1 is 1.00 bits per heavy atom. The fourth-order valence-corrected chi connectivity index (χ4v) is 2.07. The normalized spacial score (nSPS) is 10.6. The summed E-state index contributed by atoms with van der Waals surface area (Å²) < 4.78 is 23.1. The van der Waals surface area contributed by atoms with Crippen molar-refractivity contribution < 1.29 is 28.2 Å². The van der Waals surface area contributed by atoms with Gasteiger partial charge >= 0.3 is 6.09 Å². The van der Waals surface area contributed by atoms with Gasteiger partial charge in [-0.3, -0.25) is 25.8 Å². The zero-order valence-electron chi connectivity index (χ0n) is 16.2. The number of anilines is 1. The van der Waals surface area contributed by atoms with Crippen LogP contribution in [0.3, 0.4) is 0 Å². The number of benzene rings is 2. The van der Waals surface area contributed by atoms with E-state index in [0.29, 0.717) is 11.4 Å². The molecule has 0 unspecified atom stereocenters. The summed E-state index contributed by atoms with van der Waals surface area (Å²) in [6.07, 6.45) is -0.652. The van der Waals surface area contributed by atoms with Gasteiger partial charge < -0.3 is 9.47 Å². The van der Waals surface area contributed by atoms with E-state index in [1.54, 1.807) is 32.9 Å². The molecule has 9 heteroatoms. The molecular formula is C20H22FN3O5. The minimum absolute atomic E-state index is 0.207. The van der Waals surface area contributed by atoms with Gasteiger partial charge in [-0.25, -0.2) is 9.18 Å². The molecule has 8 nitrogen and oxygen atoms in total. The van der Waals surface area contributed by atoms with E-state index in [9.17, 15) is 18.8 Å². The number of carbonyl (C=O) groups is 3. The summed E-state index contributed by atoms with van der Waals surface area (Å²) in [6.45, 7) is 4.84. The van der Waals surface area contributed by atoms with E-state index in [-0.39, 0.29) is 12.2 Å². The zero-order valence-corrected chi connectivity index (χ0v) is 16.2. The van der Waals surface area contributed by atoms with Gasteiger partial charge in [0.15, 0.2) is 6.61 Å². The minimum atomic E-state index is -0.653. The number of rotatable bonds is 5. The van der Waals surface area contributed by atoms with Crippen molar-refractivity contribution in [1.29, 1.82) is 0 Å². The highest BCUT2D eigenvalue weighted by Gasteiger charge is 2.16. The van der Waals surface area contributed by atoms with Gasteiger partial charge in [0.2, 0.25) is 0 Å². The largest absolute Gasteiger partial charge is 0.484 e. The predicted octanol–water partition coefficient (Wildman–Crippen LogP) is 3.01. The van der Waals surface area contributed by atoms with E-state index in [1.165, 1.54) is 36.4 Å². The predicted molar refractivity (Wildman–Crippen MR) is 104 cm³/mol. The van der Waals surface area contributed by atoms with Crippen molar-refractivity contribution >= 4 is 23.6 Å². The van der Waals surface area contributed by atoms with Gasteiger partial charge in [0.05, 0.1) is 0 Å². The van der Waals surface area contributed by atoms with Crippen molar-refractivity contribution in [2.24, 2.45) is 0 Å². The fourth-order valence-electron chi connectivity index (χ4n) is 2.07. The van der Waals surface area contributed by atoms with Crippen LogP contribution in [0.5, 0.6) is 5.75 Å². The number of hydrogen-bond acceptors (Lipinski definition) is 5. The quantitative estimate of drug-likeness (QED) is 0.666. The highest BCUT2D eigenvalue weighted by molar-refractivity contribution is 5.97. The van der Waals surface area contributed by atoms with E-state index in [4.69, 9.17) is 9.47 Å². The maximum absolute atomic E-state index is 12.8. The van der Waals surface area contributed by atoms with Gasteiger partial charge in [-0.1, -0.05) is 6.07 Å². The molecule has 0 aliphatic heterocycles. The number of carbonyl (C=O) groups excluding carboxylic acids is 3. The Morgan fingerprint density at radius 3 is 2.34 bits per heavy atom. The van der Waals surface area contributed by atoms with Gasteiger partial charge in [0.25, 0.3) is 11.8 Å².